The molecule has 10 aromatic carbocycles. The number of anilines is 3. The highest BCUT2D eigenvalue weighted by molar-refractivity contribution is 6.24. The van der Waals surface area contributed by atoms with Crippen molar-refractivity contribution < 1.29 is 0 Å². The summed E-state index contributed by atoms with van der Waals surface area (Å²) in [5.74, 6) is 0. The maximum absolute atomic E-state index is 2.42. The smallest absolute Gasteiger partial charge is 0.0547 e. The van der Waals surface area contributed by atoms with Crippen LogP contribution in [0.5, 0.6) is 0 Å². The first-order chi connectivity index (χ1) is 29.8. The van der Waals surface area contributed by atoms with Gasteiger partial charge in [0.1, 0.15) is 0 Å². The van der Waals surface area contributed by atoms with Gasteiger partial charge in [-0.1, -0.05) is 182 Å². The van der Waals surface area contributed by atoms with Gasteiger partial charge in [-0.2, -0.15) is 0 Å². The largest absolute Gasteiger partial charge is 0.311 e. The van der Waals surface area contributed by atoms with Crippen molar-refractivity contribution in [3.63, 3.8) is 0 Å². The molecule has 282 valence electrons. The molecule has 0 saturated carbocycles. The minimum absolute atomic E-state index is 1.11. The second-order valence-corrected chi connectivity index (χ2v) is 15.3. The molecule has 1 heterocycles. The molecular weight excluding hydrogens is 725 g/mol. The lowest BCUT2D eigenvalue weighted by Gasteiger charge is -2.26. The first-order valence-electron chi connectivity index (χ1n) is 20.6. The minimum atomic E-state index is 1.11. The molecule has 0 radical (unpaired) electrons. The lowest BCUT2D eigenvalue weighted by atomic mass is 9.93. The maximum atomic E-state index is 2.42. The van der Waals surface area contributed by atoms with Crippen LogP contribution >= 0.6 is 0 Å². The molecular formula is C58H40N2. The molecule has 0 spiro atoms. The average Bonchev–Trinajstić information content (AvgIpc) is 3.68. The van der Waals surface area contributed by atoms with Crippen LogP contribution in [-0.4, -0.2) is 4.57 Å². The molecule has 0 saturated heterocycles. The van der Waals surface area contributed by atoms with E-state index in [9.17, 15) is 0 Å². The SMILES string of the molecule is c1ccc(-c2ccc(-c3cccc4ccc5c(c6ccccc6n5-c5ccc(-c6ccc(N(c7ccccc7)c7ccc(-c8ccccc8)cc7)cc6)cc5)c34)cc2)cc1. The fourth-order valence-electron chi connectivity index (χ4n) is 8.89. The molecule has 0 atom stereocenters. The summed E-state index contributed by atoms with van der Waals surface area (Å²) >= 11 is 0. The Morgan fingerprint density at radius 2 is 0.717 bits per heavy atom. The molecule has 0 aliphatic carbocycles. The van der Waals surface area contributed by atoms with E-state index in [2.05, 4.69) is 252 Å². The van der Waals surface area contributed by atoms with Crippen molar-refractivity contribution in [2.24, 2.45) is 0 Å². The van der Waals surface area contributed by atoms with Crippen molar-refractivity contribution >= 4 is 49.6 Å². The maximum Gasteiger partial charge on any atom is 0.0547 e. The third-order valence-corrected chi connectivity index (χ3v) is 11.8. The van der Waals surface area contributed by atoms with Crippen LogP contribution in [0.2, 0.25) is 0 Å². The summed E-state index contributed by atoms with van der Waals surface area (Å²) in [4.78, 5) is 2.32. The Morgan fingerprint density at radius 1 is 0.267 bits per heavy atom. The zero-order valence-electron chi connectivity index (χ0n) is 33.0. The first kappa shape index (κ1) is 35.2. The molecule has 0 fully saturated rings. The molecule has 2 nitrogen and oxygen atoms in total. The van der Waals surface area contributed by atoms with Crippen molar-refractivity contribution in [3.8, 4) is 50.2 Å². The van der Waals surface area contributed by atoms with Gasteiger partial charge in [-0.25, -0.2) is 0 Å². The molecule has 2 heteroatoms. The molecule has 0 N–H and O–H groups in total. The summed E-state index contributed by atoms with van der Waals surface area (Å²) in [7, 11) is 0. The first-order valence-corrected chi connectivity index (χ1v) is 20.6. The predicted octanol–water partition coefficient (Wildman–Crippen LogP) is 16.1. The third-order valence-electron chi connectivity index (χ3n) is 11.8. The summed E-state index contributed by atoms with van der Waals surface area (Å²) in [5, 5.41) is 5.06. The van der Waals surface area contributed by atoms with E-state index in [-0.39, 0.29) is 0 Å². The van der Waals surface area contributed by atoms with Gasteiger partial charge in [0.2, 0.25) is 0 Å². The molecule has 0 unspecified atom stereocenters. The van der Waals surface area contributed by atoms with E-state index in [1.54, 1.807) is 0 Å². The van der Waals surface area contributed by atoms with Crippen molar-refractivity contribution in [1.82, 2.24) is 4.57 Å². The number of fused-ring (bicyclic) bond motifs is 5. The van der Waals surface area contributed by atoms with Gasteiger partial charge >= 0.3 is 0 Å². The van der Waals surface area contributed by atoms with Crippen LogP contribution in [-0.2, 0) is 0 Å². The normalized spacial score (nSPS) is 11.3. The van der Waals surface area contributed by atoms with E-state index >= 15 is 0 Å². The number of benzene rings is 10. The van der Waals surface area contributed by atoms with Gasteiger partial charge in [-0.05, 0) is 116 Å². The van der Waals surface area contributed by atoms with Gasteiger partial charge in [0, 0.05) is 33.5 Å². The molecule has 11 aromatic rings. The fourth-order valence-corrected chi connectivity index (χ4v) is 8.89. The number of hydrogen-bond donors (Lipinski definition) is 0. The van der Waals surface area contributed by atoms with Crippen LogP contribution in [0, 0.1) is 0 Å². The van der Waals surface area contributed by atoms with E-state index in [0.29, 0.717) is 0 Å². The lowest BCUT2D eigenvalue weighted by Crippen LogP contribution is -2.09. The molecule has 0 aliphatic heterocycles. The highest BCUT2D eigenvalue weighted by atomic mass is 15.1. The van der Waals surface area contributed by atoms with Gasteiger partial charge in [-0.3, -0.25) is 0 Å². The Morgan fingerprint density at radius 3 is 1.30 bits per heavy atom. The van der Waals surface area contributed by atoms with Crippen molar-refractivity contribution in [1.29, 1.82) is 0 Å². The Bertz CT molecular complexity index is 3240. The van der Waals surface area contributed by atoms with Crippen LogP contribution in [0.15, 0.2) is 243 Å². The summed E-state index contributed by atoms with van der Waals surface area (Å²) in [6.07, 6.45) is 0. The van der Waals surface area contributed by atoms with Crippen molar-refractivity contribution in [3.05, 3.63) is 243 Å². The molecule has 11 rings (SSSR count). The van der Waals surface area contributed by atoms with Crippen LogP contribution in [0.4, 0.5) is 17.1 Å². The van der Waals surface area contributed by atoms with Crippen molar-refractivity contribution in [2.75, 3.05) is 4.90 Å². The molecule has 60 heavy (non-hydrogen) atoms. The van der Waals surface area contributed by atoms with E-state index in [0.717, 1.165) is 22.7 Å². The topological polar surface area (TPSA) is 8.17 Å². The Hall–Kier alpha value is -7.94. The van der Waals surface area contributed by atoms with E-state index < -0.39 is 0 Å². The monoisotopic (exact) mass is 764 g/mol. The Balaban J connectivity index is 0.944. The molecule has 1 aromatic heterocycles. The van der Waals surface area contributed by atoms with Crippen LogP contribution in [0.25, 0.3) is 82.8 Å². The average molecular weight is 765 g/mol. The second-order valence-electron chi connectivity index (χ2n) is 15.3. The van der Waals surface area contributed by atoms with Gasteiger partial charge in [0.15, 0.2) is 0 Å². The lowest BCUT2D eigenvalue weighted by molar-refractivity contribution is 1.18. The second kappa shape index (κ2) is 15.1. The van der Waals surface area contributed by atoms with Crippen molar-refractivity contribution in [2.45, 2.75) is 0 Å². The van der Waals surface area contributed by atoms with Crippen LogP contribution in [0.3, 0.4) is 0 Å². The quantitative estimate of drug-likeness (QED) is 0.150. The summed E-state index contributed by atoms with van der Waals surface area (Å²) in [5.41, 5.74) is 16.6. The zero-order chi connectivity index (χ0) is 39.8. The van der Waals surface area contributed by atoms with Gasteiger partial charge in [-0.15, -0.1) is 0 Å². The standard InChI is InChI=1S/C58H40N2/c1-4-13-41(14-5-1)43-23-25-47(26-24-43)53-21-12-17-48-33-40-56-58(57(48)53)54-20-10-11-22-55(54)60(56)52-38-31-46(32-39-52)45-29-36-51(37-30-45)59(49-18-8-3-9-19-49)50-34-27-44(28-35-50)42-15-6-2-7-16-42/h1-40H. The highest BCUT2D eigenvalue weighted by Gasteiger charge is 2.18. The number of para-hydroxylation sites is 2. The number of nitrogens with zero attached hydrogens (tertiary/aromatic N) is 2. The summed E-state index contributed by atoms with van der Waals surface area (Å²) in [6, 6.07) is 87.6. The number of hydrogen-bond acceptors (Lipinski definition) is 1. The Kier molecular flexibility index (Phi) is 8.87. The zero-order valence-corrected chi connectivity index (χ0v) is 33.0. The predicted molar refractivity (Wildman–Crippen MR) is 255 cm³/mol. The van der Waals surface area contributed by atoms with Gasteiger partial charge < -0.3 is 9.47 Å². The number of aromatic nitrogens is 1. The minimum Gasteiger partial charge on any atom is -0.311 e. The number of rotatable bonds is 8. The summed E-state index contributed by atoms with van der Waals surface area (Å²) < 4.78 is 2.42. The molecule has 0 aliphatic rings. The highest BCUT2D eigenvalue weighted by Crippen LogP contribution is 2.42. The van der Waals surface area contributed by atoms with Crippen LogP contribution < -0.4 is 4.90 Å². The van der Waals surface area contributed by atoms with E-state index in [4.69, 9.17) is 0 Å². The van der Waals surface area contributed by atoms with Gasteiger partial charge in [0.25, 0.3) is 0 Å². The molecule has 0 amide bonds. The van der Waals surface area contributed by atoms with Gasteiger partial charge in [0.05, 0.1) is 11.0 Å². The Labute approximate surface area is 350 Å². The molecule has 0 bridgehead atoms. The third kappa shape index (κ3) is 6.32. The van der Waals surface area contributed by atoms with Crippen LogP contribution in [0.1, 0.15) is 0 Å². The summed E-state index contributed by atoms with van der Waals surface area (Å²) in [6.45, 7) is 0. The fraction of sp³-hybridized carbons (Fsp3) is 0. The van der Waals surface area contributed by atoms with E-state index in [1.807, 2.05) is 0 Å². The van der Waals surface area contributed by atoms with E-state index in [1.165, 1.54) is 77.1 Å².